The van der Waals surface area contributed by atoms with E-state index in [0.29, 0.717) is 17.1 Å². The van der Waals surface area contributed by atoms with Gasteiger partial charge in [0.25, 0.3) is 0 Å². The van der Waals surface area contributed by atoms with E-state index in [1.165, 1.54) is 25.7 Å². The van der Waals surface area contributed by atoms with Gasteiger partial charge in [-0.2, -0.15) is 0 Å². The Balaban J connectivity index is 1.66. The molecule has 0 saturated heterocycles. The fraction of sp³-hybridized carbons (Fsp3) is 0.947. The summed E-state index contributed by atoms with van der Waals surface area (Å²) in [5, 5.41) is 10.2. The molecule has 4 saturated carbocycles. The summed E-state index contributed by atoms with van der Waals surface area (Å²) in [7, 11) is 0. The molecule has 1 N–H and O–H groups in total. The zero-order valence-corrected chi connectivity index (χ0v) is 13.6. The van der Waals surface area contributed by atoms with Crippen LogP contribution >= 0.6 is 0 Å². The molecule has 0 aromatic carbocycles. The number of aliphatic hydroxyl groups excluding tert-OH is 1. The van der Waals surface area contributed by atoms with Gasteiger partial charge in [-0.1, -0.05) is 13.8 Å². The molecule has 21 heavy (non-hydrogen) atoms. The molecule has 7 atom stereocenters. The predicted octanol–water partition coefficient (Wildman–Crippen LogP) is 3.96. The Bertz CT molecular complexity index is 458. The van der Waals surface area contributed by atoms with Gasteiger partial charge < -0.3 is 5.11 Å². The van der Waals surface area contributed by atoms with Gasteiger partial charge in [-0.3, -0.25) is 4.79 Å². The van der Waals surface area contributed by atoms with Crippen LogP contribution in [0.5, 0.6) is 0 Å². The number of Topliss-reactive ketones (excluding diaryl/α,β-unsaturated/α-hetero) is 1. The van der Waals surface area contributed by atoms with E-state index >= 15 is 0 Å². The standard InChI is InChI=1S/C19H30O2/c1-18-10-9-16-14(15(18)7-8-17(18)21)6-4-12-3-5-13(20)11-19(12,16)2/h12-16,20H,3-11H2,1-2H3/t12-,13?,14+,15+,16+,18+,19+/m1/s1. The average Bonchev–Trinajstić information content (AvgIpc) is 2.74. The molecular formula is C19H30O2. The van der Waals surface area contributed by atoms with E-state index in [0.717, 1.165) is 49.9 Å². The normalized spacial score (nSPS) is 56.5. The van der Waals surface area contributed by atoms with Crippen LogP contribution in [-0.4, -0.2) is 17.0 Å². The average molecular weight is 290 g/mol. The Morgan fingerprint density at radius 3 is 2.57 bits per heavy atom. The van der Waals surface area contributed by atoms with Crippen LogP contribution in [0.4, 0.5) is 0 Å². The number of aliphatic hydroxyl groups is 1. The maximum Gasteiger partial charge on any atom is 0.139 e. The Morgan fingerprint density at radius 2 is 1.76 bits per heavy atom. The summed E-state index contributed by atoms with van der Waals surface area (Å²) < 4.78 is 0. The molecule has 4 fully saturated rings. The second-order valence-electron chi connectivity index (χ2n) is 9.01. The topological polar surface area (TPSA) is 37.3 Å². The van der Waals surface area contributed by atoms with E-state index < -0.39 is 0 Å². The quantitative estimate of drug-likeness (QED) is 0.733. The van der Waals surface area contributed by atoms with Crippen molar-refractivity contribution < 1.29 is 9.90 Å². The Hall–Kier alpha value is -0.370. The number of rotatable bonds is 0. The molecule has 0 amide bonds. The smallest absolute Gasteiger partial charge is 0.139 e. The first-order valence-corrected chi connectivity index (χ1v) is 9.16. The van der Waals surface area contributed by atoms with Crippen LogP contribution in [0.2, 0.25) is 0 Å². The third kappa shape index (κ3) is 1.84. The van der Waals surface area contributed by atoms with Crippen LogP contribution in [0, 0.1) is 34.5 Å². The van der Waals surface area contributed by atoms with Crippen molar-refractivity contribution in [3.05, 3.63) is 0 Å². The minimum absolute atomic E-state index is 0.00234. The molecule has 4 aliphatic carbocycles. The number of carbonyl (C=O) groups excluding carboxylic acids is 1. The molecule has 0 aliphatic heterocycles. The molecular weight excluding hydrogens is 260 g/mol. The first-order valence-electron chi connectivity index (χ1n) is 9.16. The Labute approximate surface area is 128 Å². The van der Waals surface area contributed by atoms with Gasteiger partial charge in [-0.15, -0.1) is 0 Å². The van der Waals surface area contributed by atoms with Crippen molar-refractivity contribution in [3.63, 3.8) is 0 Å². The van der Waals surface area contributed by atoms with Gasteiger partial charge in [-0.05, 0) is 80.5 Å². The highest BCUT2D eigenvalue weighted by Crippen LogP contribution is 2.65. The maximum atomic E-state index is 12.4. The molecule has 0 aromatic rings. The molecule has 4 aliphatic rings. The highest BCUT2D eigenvalue weighted by atomic mass is 16.3. The lowest BCUT2D eigenvalue weighted by atomic mass is 9.45. The lowest BCUT2D eigenvalue weighted by Crippen LogP contribution is -2.54. The SMILES string of the molecule is C[C@]12CC(O)CC[C@@H]1CC[C@@H]1[C@@H]2CC[C@]2(C)C(=O)CC[C@@H]12. The highest BCUT2D eigenvalue weighted by molar-refractivity contribution is 5.87. The molecule has 2 heteroatoms. The van der Waals surface area contributed by atoms with Gasteiger partial charge in [0.05, 0.1) is 6.10 Å². The van der Waals surface area contributed by atoms with Gasteiger partial charge in [0.2, 0.25) is 0 Å². The minimum Gasteiger partial charge on any atom is -0.393 e. The predicted molar refractivity (Wildman–Crippen MR) is 82.7 cm³/mol. The summed E-state index contributed by atoms with van der Waals surface area (Å²) in [5.74, 6) is 3.52. The first kappa shape index (κ1) is 14.2. The summed E-state index contributed by atoms with van der Waals surface area (Å²) in [5.41, 5.74) is 0.338. The molecule has 0 radical (unpaired) electrons. The zero-order valence-electron chi connectivity index (χ0n) is 13.6. The first-order chi connectivity index (χ1) is 9.95. The lowest BCUT2D eigenvalue weighted by Gasteiger charge is -2.60. The van der Waals surface area contributed by atoms with Crippen molar-refractivity contribution in [1.29, 1.82) is 0 Å². The van der Waals surface area contributed by atoms with Crippen molar-refractivity contribution in [3.8, 4) is 0 Å². The van der Waals surface area contributed by atoms with Crippen LogP contribution in [-0.2, 0) is 4.79 Å². The molecule has 0 spiro atoms. The van der Waals surface area contributed by atoms with Gasteiger partial charge in [0.1, 0.15) is 5.78 Å². The van der Waals surface area contributed by atoms with E-state index in [4.69, 9.17) is 0 Å². The van der Waals surface area contributed by atoms with Crippen LogP contribution in [0.3, 0.4) is 0 Å². The largest absolute Gasteiger partial charge is 0.393 e. The van der Waals surface area contributed by atoms with Crippen molar-refractivity contribution in [2.45, 2.75) is 77.7 Å². The number of ketones is 1. The summed E-state index contributed by atoms with van der Waals surface area (Å²) in [6, 6.07) is 0. The minimum atomic E-state index is -0.0801. The maximum absolute atomic E-state index is 12.4. The third-order valence-electron chi connectivity index (χ3n) is 8.30. The monoisotopic (exact) mass is 290 g/mol. The fourth-order valence-corrected chi connectivity index (χ4v) is 7.10. The van der Waals surface area contributed by atoms with E-state index in [1.807, 2.05) is 0 Å². The Morgan fingerprint density at radius 1 is 1.00 bits per heavy atom. The van der Waals surface area contributed by atoms with Gasteiger partial charge in [0.15, 0.2) is 0 Å². The van der Waals surface area contributed by atoms with Crippen LogP contribution in [0.15, 0.2) is 0 Å². The van der Waals surface area contributed by atoms with Crippen LogP contribution < -0.4 is 0 Å². The second kappa shape index (κ2) is 4.57. The van der Waals surface area contributed by atoms with Gasteiger partial charge >= 0.3 is 0 Å². The lowest BCUT2D eigenvalue weighted by molar-refractivity contribution is -0.144. The number of carbonyl (C=O) groups is 1. The van der Waals surface area contributed by atoms with E-state index in [-0.39, 0.29) is 11.5 Å². The molecule has 4 rings (SSSR count). The van der Waals surface area contributed by atoms with E-state index in [2.05, 4.69) is 13.8 Å². The summed E-state index contributed by atoms with van der Waals surface area (Å²) in [6.45, 7) is 4.73. The number of hydrogen-bond donors (Lipinski definition) is 1. The molecule has 118 valence electrons. The van der Waals surface area contributed by atoms with Crippen LogP contribution in [0.25, 0.3) is 0 Å². The van der Waals surface area contributed by atoms with Crippen molar-refractivity contribution in [2.75, 3.05) is 0 Å². The zero-order chi connectivity index (χ0) is 14.8. The Kier molecular flexibility index (Phi) is 3.10. The second-order valence-corrected chi connectivity index (χ2v) is 9.01. The summed E-state index contributed by atoms with van der Waals surface area (Å²) in [6.07, 6.45) is 10.1. The van der Waals surface area contributed by atoms with Crippen LogP contribution in [0.1, 0.15) is 71.6 Å². The number of hydrogen-bond acceptors (Lipinski definition) is 2. The highest BCUT2D eigenvalue weighted by Gasteiger charge is 2.60. The van der Waals surface area contributed by atoms with Gasteiger partial charge in [-0.25, -0.2) is 0 Å². The summed E-state index contributed by atoms with van der Waals surface area (Å²) in [4.78, 5) is 12.4. The number of fused-ring (bicyclic) bond motifs is 5. The van der Waals surface area contributed by atoms with Crippen molar-refractivity contribution >= 4 is 5.78 Å². The third-order valence-corrected chi connectivity index (χ3v) is 8.30. The molecule has 2 nitrogen and oxygen atoms in total. The van der Waals surface area contributed by atoms with Crippen molar-refractivity contribution in [2.24, 2.45) is 34.5 Å². The molecule has 0 heterocycles. The van der Waals surface area contributed by atoms with E-state index in [9.17, 15) is 9.90 Å². The summed E-state index contributed by atoms with van der Waals surface area (Å²) >= 11 is 0. The molecule has 1 unspecified atom stereocenters. The molecule has 0 aromatic heterocycles. The fourth-order valence-electron chi connectivity index (χ4n) is 7.10. The molecule has 0 bridgehead atoms. The van der Waals surface area contributed by atoms with Crippen molar-refractivity contribution in [1.82, 2.24) is 0 Å². The van der Waals surface area contributed by atoms with Gasteiger partial charge in [0, 0.05) is 11.8 Å². The van der Waals surface area contributed by atoms with E-state index in [1.54, 1.807) is 0 Å².